The Kier molecular flexibility index (Phi) is 4.12. The van der Waals surface area contributed by atoms with Gasteiger partial charge in [0.15, 0.2) is 0 Å². The number of hydrogen-bond acceptors (Lipinski definition) is 2. The van der Waals surface area contributed by atoms with Crippen molar-refractivity contribution >= 4 is 5.69 Å². The van der Waals surface area contributed by atoms with Crippen LogP contribution in [0.15, 0.2) is 42.5 Å². The van der Waals surface area contributed by atoms with Gasteiger partial charge in [0.2, 0.25) is 0 Å². The summed E-state index contributed by atoms with van der Waals surface area (Å²) >= 11 is 0. The minimum Gasteiger partial charge on any atom is -0.386 e. The summed E-state index contributed by atoms with van der Waals surface area (Å²) in [6.45, 7) is 2.04. The molecule has 0 heterocycles. The monoisotopic (exact) mass is 263 g/mol. The quantitative estimate of drug-likeness (QED) is 0.886. The van der Waals surface area contributed by atoms with Gasteiger partial charge in [-0.25, -0.2) is 8.78 Å². The molecule has 0 aliphatic carbocycles. The maximum Gasteiger partial charge on any atom is 0.129 e. The predicted octanol–water partition coefficient (Wildman–Crippen LogP) is 3.42. The number of aliphatic hydroxyl groups excluding tert-OH is 1. The molecule has 2 nitrogen and oxygen atoms in total. The fourth-order valence-electron chi connectivity index (χ4n) is 1.86. The number of halogens is 2. The lowest BCUT2D eigenvalue weighted by molar-refractivity contribution is 0.186. The zero-order valence-corrected chi connectivity index (χ0v) is 10.5. The van der Waals surface area contributed by atoms with Crippen molar-refractivity contribution in [2.75, 3.05) is 11.9 Å². The molecule has 0 bridgehead atoms. The highest BCUT2D eigenvalue weighted by Gasteiger charge is 2.13. The van der Waals surface area contributed by atoms with Crippen LogP contribution in [0, 0.1) is 18.6 Å². The third-order valence-corrected chi connectivity index (χ3v) is 2.95. The number of rotatable bonds is 4. The highest BCUT2D eigenvalue weighted by molar-refractivity contribution is 5.50. The van der Waals surface area contributed by atoms with Gasteiger partial charge in [-0.3, -0.25) is 0 Å². The highest BCUT2D eigenvalue weighted by atomic mass is 19.1. The number of aryl methyl sites for hydroxylation is 1. The predicted molar refractivity (Wildman–Crippen MR) is 71.0 cm³/mol. The van der Waals surface area contributed by atoms with E-state index in [9.17, 15) is 13.9 Å². The van der Waals surface area contributed by atoms with Crippen LogP contribution in [0.25, 0.3) is 0 Å². The summed E-state index contributed by atoms with van der Waals surface area (Å²) in [6.07, 6.45) is -1.10. The average Bonchev–Trinajstić information content (AvgIpc) is 2.40. The molecule has 0 amide bonds. The van der Waals surface area contributed by atoms with Gasteiger partial charge in [-0.1, -0.05) is 18.2 Å². The van der Waals surface area contributed by atoms with Crippen LogP contribution < -0.4 is 5.32 Å². The molecule has 2 aromatic carbocycles. The summed E-state index contributed by atoms with van der Waals surface area (Å²) in [5.41, 5.74) is 1.84. The second-order valence-corrected chi connectivity index (χ2v) is 4.38. The van der Waals surface area contributed by atoms with Gasteiger partial charge < -0.3 is 10.4 Å². The molecule has 0 aliphatic rings. The van der Waals surface area contributed by atoms with Crippen molar-refractivity contribution in [2.24, 2.45) is 0 Å². The largest absolute Gasteiger partial charge is 0.386 e. The lowest BCUT2D eigenvalue weighted by atomic mass is 10.1. The fourth-order valence-corrected chi connectivity index (χ4v) is 1.86. The molecule has 0 saturated carbocycles. The molecule has 2 aromatic rings. The Morgan fingerprint density at radius 3 is 2.63 bits per heavy atom. The standard InChI is InChI=1S/C15H15F2NO/c1-10-4-2-3-5-14(10)18-9-15(19)12-8-11(16)6-7-13(12)17/h2-8,15,18-19H,9H2,1H3. The van der Waals surface area contributed by atoms with E-state index in [0.717, 1.165) is 29.4 Å². The number of benzene rings is 2. The summed E-state index contributed by atoms with van der Waals surface area (Å²) in [5, 5.41) is 12.9. The van der Waals surface area contributed by atoms with Crippen molar-refractivity contribution in [3.05, 3.63) is 65.2 Å². The maximum absolute atomic E-state index is 13.5. The third kappa shape index (κ3) is 3.29. The van der Waals surface area contributed by atoms with Crippen LogP contribution in [-0.4, -0.2) is 11.7 Å². The Balaban J connectivity index is 2.07. The van der Waals surface area contributed by atoms with Crippen LogP contribution in [0.4, 0.5) is 14.5 Å². The molecule has 1 unspecified atom stereocenters. The van der Waals surface area contributed by atoms with E-state index in [0.29, 0.717) is 0 Å². The van der Waals surface area contributed by atoms with Crippen molar-refractivity contribution in [1.29, 1.82) is 0 Å². The summed E-state index contributed by atoms with van der Waals surface area (Å²) in [6, 6.07) is 10.6. The molecule has 4 heteroatoms. The van der Waals surface area contributed by atoms with Crippen LogP contribution in [0.2, 0.25) is 0 Å². The molecule has 19 heavy (non-hydrogen) atoms. The Bertz CT molecular complexity index is 572. The zero-order valence-electron chi connectivity index (χ0n) is 10.5. The van der Waals surface area contributed by atoms with Crippen LogP contribution >= 0.6 is 0 Å². The molecule has 2 rings (SSSR count). The van der Waals surface area contributed by atoms with Gasteiger partial charge in [0.05, 0.1) is 6.10 Å². The number of nitrogens with one attached hydrogen (secondary N) is 1. The summed E-state index contributed by atoms with van der Waals surface area (Å²) in [7, 11) is 0. The minimum atomic E-state index is -1.10. The van der Waals surface area contributed by atoms with Crippen molar-refractivity contribution in [2.45, 2.75) is 13.0 Å². The molecule has 0 spiro atoms. The fraction of sp³-hybridized carbons (Fsp3) is 0.200. The molecule has 0 saturated heterocycles. The first-order valence-corrected chi connectivity index (χ1v) is 6.00. The van der Waals surface area contributed by atoms with Gasteiger partial charge in [-0.2, -0.15) is 0 Å². The summed E-state index contributed by atoms with van der Waals surface area (Å²) in [4.78, 5) is 0. The van der Waals surface area contributed by atoms with Gasteiger partial charge in [-0.15, -0.1) is 0 Å². The van der Waals surface area contributed by atoms with E-state index in [4.69, 9.17) is 0 Å². The van der Waals surface area contributed by atoms with Gasteiger partial charge in [0.1, 0.15) is 11.6 Å². The van der Waals surface area contributed by atoms with Gasteiger partial charge >= 0.3 is 0 Å². The van der Waals surface area contributed by atoms with Crippen molar-refractivity contribution in [1.82, 2.24) is 0 Å². The smallest absolute Gasteiger partial charge is 0.129 e. The van der Waals surface area contributed by atoms with Gasteiger partial charge in [0.25, 0.3) is 0 Å². The maximum atomic E-state index is 13.5. The second-order valence-electron chi connectivity index (χ2n) is 4.38. The van der Waals surface area contributed by atoms with E-state index in [-0.39, 0.29) is 12.1 Å². The van der Waals surface area contributed by atoms with E-state index in [1.807, 2.05) is 31.2 Å². The number of para-hydroxylation sites is 1. The Hall–Kier alpha value is -1.94. The zero-order chi connectivity index (χ0) is 13.8. The number of hydrogen-bond donors (Lipinski definition) is 2. The molecule has 0 radical (unpaired) electrons. The molecule has 1 atom stereocenters. The van der Waals surface area contributed by atoms with Crippen LogP contribution in [0.5, 0.6) is 0 Å². The first-order chi connectivity index (χ1) is 9.08. The van der Waals surface area contributed by atoms with E-state index in [1.54, 1.807) is 0 Å². The van der Waals surface area contributed by atoms with E-state index in [1.165, 1.54) is 0 Å². The first kappa shape index (κ1) is 13.5. The van der Waals surface area contributed by atoms with Crippen LogP contribution in [-0.2, 0) is 0 Å². The van der Waals surface area contributed by atoms with Crippen molar-refractivity contribution in [3.63, 3.8) is 0 Å². The number of anilines is 1. The lowest BCUT2D eigenvalue weighted by Crippen LogP contribution is -2.14. The molecule has 0 aliphatic heterocycles. The van der Waals surface area contributed by atoms with Crippen LogP contribution in [0.1, 0.15) is 17.2 Å². The Labute approximate surface area is 110 Å². The first-order valence-electron chi connectivity index (χ1n) is 6.00. The SMILES string of the molecule is Cc1ccccc1NCC(O)c1cc(F)ccc1F. The van der Waals surface area contributed by atoms with Crippen molar-refractivity contribution < 1.29 is 13.9 Å². The molecular weight excluding hydrogens is 248 g/mol. The third-order valence-electron chi connectivity index (χ3n) is 2.95. The topological polar surface area (TPSA) is 32.3 Å². The molecule has 0 aromatic heterocycles. The van der Waals surface area contributed by atoms with E-state index >= 15 is 0 Å². The molecule has 2 N–H and O–H groups in total. The molecule has 0 fully saturated rings. The van der Waals surface area contributed by atoms with Gasteiger partial charge in [-0.05, 0) is 36.8 Å². The molecule has 100 valence electrons. The average molecular weight is 263 g/mol. The van der Waals surface area contributed by atoms with Crippen LogP contribution in [0.3, 0.4) is 0 Å². The van der Waals surface area contributed by atoms with E-state index < -0.39 is 17.7 Å². The highest BCUT2D eigenvalue weighted by Crippen LogP contribution is 2.20. The summed E-state index contributed by atoms with van der Waals surface area (Å²) < 4.78 is 26.5. The normalized spacial score (nSPS) is 12.2. The Morgan fingerprint density at radius 2 is 1.89 bits per heavy atom. The minimum absolute atomic E-state index is 0.0407. The van der Waals surface area contributed by atoms with E-state index in [2.05, 4.69) is 5.32 Å². The Morgan fingerprint density at radius 1 is 1.16 bits per heavy atom. The van der Waals surface area contributed by atoms with Crippen molar-refractivity contribution in [3.8, 4) is 0 Å². The number of aliphatic hydroxyl groups is 1. The van der Waals surface area contributed by atoms with Gasteiger partial charge in [0, 0.05) is 17.8 Å². The second kappa shape index (κ2) is 5.80. The lowest BCUT2D eigenvalue weighted by Gasteiger charge is -2.15. The summed E-state index contributed by atoms with van der Waals surface area (Å²) in [5.74, 6) is -1.17. The molecular formula is C15H15F2NO.